The summed E-state index contributed by atoms with van der Waals surface area (Å²) in [5, 5.41) is 9.96. The number of ether oxygens (including phenoxy) is 1. The Morgan fingerprint density at radius 1 is 1.46 bits per heavy atom. The number of amides is 1. The second-order valence-electron chi connectivity index (χ2n) is 6.68. The van der Waals surface area contributed by atoms with Crippen molar-refractivity contribution in [1.29, 1.82) is 0 Å². The van der Waals surface area contributed by atoms with Gasteiger partial charge in [-0.25, -0.2) is 0 Å². The number of H-pyrrole nitrogens is 1. The van der Waals surface area contributed by atoms with Gasteiger partial charge in [-0.15, -0.1) is 0 Å². The van der Waals surface area contributed by atoms with Crippen molar-refractivity contribution in [3.8, 4) is 5.69 Å². The van der Waals surface area contributed by atoms with E-state index in [4.69, 9.17) is 17.0 Å². The summed E-state index contributed by atoms with van der Waals surface area (Å²) in [5.74, 6) is 1.01. The fraction of sp³-hybridized carbons (Fsp3) is 0.471. The third kappa shape index (κ3) is 2.67. The van der Waals surface area contributed by atoms with E-state index in [1.807, 2.05) is 35.8 Å². The summed E-state index contributed by atoms with van der Waals surface area (Å²) >= 11 is 5.26. The van der Waals surface area contributed by atoms with Gasteiger partial charge in [-0.05, 0) is 62.0 Å². The highest BCUT2D eigenvalue weighted by Gasteiger charge is 2.57. The summed E-state index contributed by atoms with van der Waals surface area (Å²) in [6.07, 6.45) is 2.97. The maximum Gasteiger partial charge on any atom is 0.228 e. The summed E-state index contributed by atoms with van der Waals surface area (Å²) in [7, 11) is 0. The molecule has 1 amide bonds. The summed E-state index contributed by atoms with van der Waals surface area (Å²) in [5.41, 5.74) is 1.86. The maximum atomic E-state index is 12.6. The summed E-state index contributed by atoms with van der Waals surface area (Å²) in [6, 6.07) is 7.69. The Hall–Kier alpha value is -1.99. The molecule has 1 saturated carbocycles. The van der Waals surface area contributed by atoms with Gasteiger partial charge in [0.05, 0.1) is 5.69 Å². The number of carbonyl (C=O) groups excluding carboxylic acids is 1. The van der Waals surface area contributed by atoms with Crippen LogP contribution in [0.2, 0.25) is 0 Å². The van der Waals surface area contributed by atoms with Gasteiger partial charge in [-0.3, -0.25) is 14.5 Å². The van der Waals surface area contributed by atoms with Gasteiger partial charge in [0.2, 0.25) is 5.91 Å². The lowest BCUT2D eigenvalue weighted by Gasteiger charge is -2.22. The monoisotopic (exact) mass is 344 g/mol. The van der Waals surface area contributed by atoms with E-state index in [2.05, 4.69) is 15.5 Å². The van der Waals surface area contributed by atoms with E-state index in [9.17, 15) is 4.79 Å². The predicted octanol–water partition coefficient (Wildman–Crippen LogP) is 2.99. The minimum Gasteiger partial charge on any atom is -0.381 e. The van der Waals surface area contributed by atoms with Gasteiger partial charge < -0.3 is 10.1 Å². The molecule has 2 aromatic rings. The van der Waals surface area contributed by atoms with Crippen molar-refractivity contribution in [2.24, 2.45) is 11.3 Å². The highest BCUT2D eigenvalue weighted by Crippen LogP contribution is 2.59. The van der Waals surface area contributed by atoms with Crippen LogP contribution >= 0.6 is 12.2 Å². The molecule has 1 aliphatic heterocycles. The SMILES string of the molecule is Cc1n[nH]c(=S)n1-c1cccc(NC(=O)[C@@H]2CC23CCOCC3)c1. The highest BCUT2D eigenvalue weighted by atomic mass is 32.1. The molecule has 1 atom stereocenters. The average molecular weight is 344 g/mol. The zero-order valence-electron chi connectivity index (χ0n) is 13.5. The van der Waals surface area contributed by atoms with E-state index in [1.165, 1.54) is 0 Å². The molecule has 2 aliphatic rings. The average Bonchev–Trinajstić information content (AvgIpc) is 3.16. The number of hydrogen-bond acceptors (Lipinski definition) is 4. The van der Waals surface area contributed by atoms with Crippen molar-refractivity contribution in [2.75, 3.05) is 18.5 Å². The van der Waals surface area contributed by atoms with Crippen molar-refractivity contribution in [3.05, 3.63) is 34.9 Å². The molecule has 7 heteroatoms. The van der Waals surface area contributed by atoms with E-state index in [1.54, 1.807) is 0 Å². The topological polar surface area (TPSA) is 71.9 Å². The fourth-order valence-corrected chi connectivity index (χ4v) is 3.96. The molecule has 24 heavy (non-hydrogen) atoms. The second kappa shape index (κ2) is 5.82. The number of aromatic amines is 1. The van der Waals surface area contributed by atoms with E-state index >= 15 is 0 Å². The molecule has 0 unspecified atom stereocenters. The van der Waals surface area contributed by atoms with Gasteiger partial charge in [0.25, 0.3) is 0 Å². The van der Waals surface area contributed by atoms with Crippen molar-refractivity contribution in [2.45, 2.75) is 26.2 Å². The Morgan fingerprint density at radius 2 is 2.25 bits per heavy atom. The number of nitrogens with one attached hydrogen (secondary N) is 2. The number of benzene rings is 1. The Kier molecular flexibility index (Phi) is 3.77. The molecule has 1 spiro atoms. The molecule has 4 rings (SSSR count). The highest BCUT2D eigenvalue weighted by molar-refractivity contribution is 7.71. The first-order valence-electron chi connectivity index (χ1n) is 8.22. The third-order valence-electron chi connectivity index (χ3n) is 5.21. The molecule has 1 aromatic carbocycles. The Labute approximate surface area is 145 Å². The molecule has 2 N–H and O–H groups in total. The zero-order valence-corrected chi connectivity index (χ0v) is 14.4. The molecule has 1 saturated heterocycles. The Bertz CT molecular complexity index is 835. The van der Waals surface area contributed by atoms with Gasteiger partial charge in [0.1, 0.15) is 5.82 Å². The summed E-state index contributed by atoms with van der Waals surface area (Å²) < 4.78 is 7.81. The van der Waals surface area contributed by atoms with E-state index in [-0.39, 0.29) is 17.2 Å². The quantitative estimate of drug-likeness (QED) is 0.840. The summed E-state index contributed by atoms with van der Waals surface area (Å²) in [4.78, 5) is 12.6. The molecule has 1 aromatic heterocycles. The number of hydrogen-bond donors (Lipinski definition) is 2. The van der Waals surface area contributed by atoms with Crippen LogP contribution in [0.1, 0.15) is 25.1 Å². The molecular weight excluding hydrogens is 324 g/mol. The van der Waals surface area contributed by atoms with Crippen LogP contribution in [0.15, 0.2) is 24.3 Å². The van der Waals surface area contributed by atoms with Crippen LogP contribution in [0, 0.1) is 23.0 Å². The lowest BCUT2D eigenvalue weighted by molar-refractivity contribution is -0.118. The number of nitrogens with zero attached hydrogens (tertiary/aromatic N) is 2. The minimum atomic E-state index is 0.113. The van der Waals surface area contributed by atoms with Crippen LogP contribution in [-0.4, -0.2) is 33.9 Å². The lowest BCUT2D eigenvalue weighted by Crippen LogP contribution is -2.24. The molecule has 1 aliphatic carbocycles. The second-order valence-corrected chi connectivity index (χ2v) is 7.07. The largest absolute Gasteiger partial charge is 0.381 e. The number of carbonyl (C=O) groups is 1. The van der Waals surface area contributed by atoms with Crippen LogP contribution in [0.25, 0.3) is 5.69 Å². The van der Waals surface area contributed by atoms with Crippen molar-refractivity contribution in [1.82, 2.24) is 14.8 Å². The first-order valence-corrected chi connectivity index (χ1v) is 8.63. The van der Waals surface area contributed by atoms with Crippen LogP contribution in [0.3, 0.4) is 0 Å². The van der Waals surface area contributed by atoms with Crippen LogP contribution < -0.4 is 5.32 Å². The van der Waals surface area contributed by atoms with Crippen molar-refractivity contribution < 1.29 is 9.53 Å². The normalized spacial score (nSPS) is 21.6. The van der Waals surface area contributed by atoms with Crippen molar-refractivity contribution >= 4 is 23.8 Å². The lowest BCUT2D eigenvalue weighted by atomic mass is 9.93. The first kappa shape index (κ1) is 15.5. The number of aromatic nitrogens is 3. The maximum absolute atomic E-state index is 12.6. The first-order chi connectivity index (χ1) is 11.6. The van der Waals surface area contributed by atoms with Crippen LogP contribution in [-0.2, 0) is 9.53 Å². The minimum absolute atomic E-state index is 0.113. The molecule has 0 bridgehead atoms. The molecular formula is C17H20N4O2S. The number of rotatable bonds is 3. The number of aryl methyl sites for hydroxylation is 1. The number of anilines is 1. The third-order valence-corrected chi connectivity index (χ3v) is 5.48. The van der Waals surface area contributed by atoms with Gasteiger partial charge in [-0.2, -0.15) is 5.10 Å². The smallest absolute Gasteiger partial charge is 0.228 e. The predicted molar refractivity (Wildman–Crippen MR) is 92.7 cm³/mol. The molecule has 2 heterocycles. The van der Waals surface area contributed by atoms with Crippen LogP contribution in [0.5, 0.6) is 0 Å². The molecule has 2 fully saturated rings. The molecule has 0 radical (unpaired) electrons. The molecule has 126 valence electrons. The van der Waals surface area contributed by atoms with E-state index in [0.29, 0.717) is 4.77 Å². The van der Waals surface area contributed by atoms with Gasteiger partial charge in [0, 0.05) is 24.8 Å². The van der Waals surface area contributed by atoms with Crippen molar-refractivity contribution in [3.63, 3.8) is 0 Å². The van der Waals surface area contributed by atoms with Gasteiger partial charge in [0.15, 0.2) is 4.77 Å². The summed E-state index contributed by atoms with van der Waals surface area (Å²) in [6.45, 7) is 3.44. The zero-order chi connectivity index (χ0) is 16.7. The van der Waals surface area contributed by atoms with Crippen LogP contribution in [0.4, 0.5) is 5.69 Å². The molecule has 6 nitrogen and oxygen atoms in total. The van der Waals surface area contributed by atoms with Gasteiger partial charge >= 0.3 is 0 Å². The Balaban J connectivity index is 1.51. The van der Waals surface area contributed by atoms with Gasteiger partial charge in [-0.1, -0.05) is 6.07 Å². The standard InChI is InChI=1S/C17H20N4O2S/c1-11-19-20-16(24)21(11)13-4-2-3-12(9-13)18-15(22)14-10-17(14)5-7-23-8-6-17/h2-4,9,14H,5-8,10H2,1H3,(H,18,22)(H,20,24)/t14-/m0/s1. The van der Waals surface area contributed by atoms with E-state index < -0.39 is 0 Å². The Morgan fingerprint density at radius 3 is 2.96 bits per heavy atom. The fourth-order valence-electron chi connectivity index (χ4n) is 3.68. The van der Waals surface area contributed by atoms with E-state index in [0.717, 1.165) is 49.7 Å².